The van der Waals surface area contributed by atoms with Crippen molar-refractivity contribution in [2.75, 3.05) is 0 Å². The maximum Gasteiger partial charge on any atom is -0.0315 e. The first kappa shape index (κ1) is 6.45. The minimum atomic E-state index is 1.16. The van der Waals surface area contributed by atoms with Crippen LogP contribution in [0.15, 0.2) is 0 Å². The van der Waals surface area contributed by atoms with Gasteiger partial charge in [0.05, 0.1) is 0 Å². The van der Waals surface area contributed by atoms with Gasteiger partial charge in [-0.05, 0) is 60.7 Å². The van der Waals surface area contributed by atoms with Crippen molar-refractivity contribution in [2.24, 2.45) is 41.4 Å². The van der Waals surface area contributed by atoms with Crippen molar-refractivity contribution in [1.82, 2.24) is 0 Å². The van der Waals surface area contributed by atoms with Crippen molar-refractivity contribution in [3.63, 3.8) is 0 Å². The fraction of sp³-hybridized carbons (Fsp3) is 1.00. The fourth-order valence-corrected chi connectivity index (χ4v) is 5.20. The van der Waals surface area contributed by atoms with Crippen LogP contribution in [-0.4, -0.2) is 0 Å². The minimum Gasteiger partial charge on any atom is -0.0651 e. The molecule has 4 rings (SSSR count). The van der Waals surface area contributed by atoms with Crippen molar-refractivity contribution in [3.8, 4) is 0 Å². The molecular formula is C12H18. The Balaban J connectivity index is 1.57. The number of fused-ring (bicyclic) bond motifs is 7. The second kappa shape index (κ2) is 1.76. The van der Waals surface area contributed by atoms with E-state index in [0.29, 0.717) is 0 Å². The molecule has 0 nitrogen and oxygen atoms in total. The van der Waals surface area contributed by atoms with Crippen molar-refractivity contribution in [2.45, 2.75) is 32.6 Å². The highest BCUT2D eigenvalue weighted by Gasteiger charge is 2.72. The van der Waals surface area contributed by atoms with E-state index in [4.69, 9.17) is 0 Å². The maximum atomic E-state index is 2.39. The molecule has 0 bridgehead atoms. The van der Waals surface area contributed by atoms with E-state index in [2.05, 4.69) is 6.92 Å². The van der Waals surface area contributed by atoms with Gasteiger partial charge in [0.15, 0.2) is 0 Å². The quantitative estimate of drug-likeness (QED) is 0.556. The average Bonchev–Trinajstić information content (AvgIpc) is 1.99. The van der Waals surface area contributed by atoms with Gasteiger partial charge >= 0.3 is 0 Å². The van der Waals surface area contributed by atoms with Crippen molar-refractivity contribution >= 4 is 0 Å². The van der Waals surface area contributed by atoms with E-state index in [1.807, 2.05) is 0 Å². The summed E-state index contributed by atoms with van der Waals surface area (Å²) in [6, 6.07) is 0. The van der Waals surface area contributed by atoms with E-state index >= 15 is 0 Å². The minimum absolute atomic E-state index is 1.16. The first-order valence-electron chi connectivity index (χ1n) is 5.92. The van der Waals surface area contributed by atoms with Crippen molar-refractivity contribution in [3.05, 3.63) is 0 Å². The highest BCUT2D eigenvalue weighted by molar-refractivity contribution is 5.20. The monoisotopic (exact) mass is 162 g/mol. The molecule has 7 atom stereocenters. The molecule has 66 valence electrons. The second-order valence-corrected chi connectivity index (χ2v) is 5.70. The molecule has 0 aromatic rings. The molecular weight excluding hydrogens is 144 g/mol. The van der Waals surface area contributed by atoms with Crippen LogP contribution in [0.5, 0.6) is 0 Å². The zero-order valence-corrected chi connectivity index (χ0v) is 7.87. The normalized spacial score (nSPS) is 70.2. The Kier molecular flexibility index (Phi) is 0.946. The molecule has 0 heterocycles. The van der Waals surface area contributed by atoms with E-state index in [9.17, 15) is 0 Å². The van der Waals surface area contributed by atoms with Crippen molar-refractivity contribution in [1.29, 1.82) is 0 Å². The van der Waals surface area contributed by atoms with Crippen molar-refractivity contribution < 1.29 is 0 Å². The first-order chi connectivity index (χ1) is 5.92. The lowest BCUT2D eigenvalue weighted by Gasteiger charge is -2.79. The lowest BCUT2D eigenvalue weighted by molar-refractivity contribution is -0.310. The predicted octanol–water partition coefficient (Wildman–Crippen LogP) is 2.93. The molecule has 4 saturated carbocycles. The molecule has 0 N–H and O–H groups in total. The zero-order chi connectivity index (χ0) is 7.87. The van der Waals surface area contributed by atoms with Crippen LogP contribution in [0, 0.1) is 41.4 Å². The van der Waals surface area contributed by atoms with Crippen LogP contribution in [0.4, 0.5) is 0 Å². The predicted molar refractivity (Wildman–Crippen MR) is 48.6 cm³/mol. The largest absolute Gasteiger partial charge is 0.0651 e. The Labute approximate surface area is 74.7 Å². The highest BCUT2D eigenvalue weighted by atomic mass is 14.8. The molecule has 0 radical (unpaired) electrons. The lowest BCUT2D eigenvalue weighted by Crippen LogP contribution is -2.73. The third-order valence-corrected chi connectivity index (χ3v) is 5.89. The Morgan fingerprint density at radius 3 is 2.33 bits per heavy atom. The van der Waals surface area contributed by atoms with E-state index in [1.165, 1.54) is 41.9 Å². The molecule has 0 amide bonds. The van der Waals surface area contributed by atoms with Crippen LogP contribution in [0.25, 0.3) is 0 Å². The summed E-state index contributed by atoms with van der Waals surface area (Å²) in [6.07, 6.45) is 6.30. The van der Waals surface area contributed by atoms with Crippen LogP contribution in [0.3, 0.4) is 0 Å². The number of hydrogen-bond acceptors (Lipinski definition) is 0. The molecule has 0 aromatic carbocycles. The third kappa shape index (κ3) is 0.438. The van der Waals surface area contributed by atoms with Gasteiger partial charge < -0.3 is 0 Å². The van der Waals surface area contributed by atoms with Gasteiger partial charge in [0.2, 0.25) is 0 Å². The first-order valence-corrected chi connectivity index (χ1v) is 5.92. The Hall–Kier alpha value is 0. The SMILES string of the molecule is CCC1CC2C1C1C3CCC3C21. The van der Waals surface area contributed by atoms with Gasteiger partial charge in [0.1, 0.15) is 0 Å². The standard InChI is InChI=1S/C12H18/c1-2-6-5-9-10(6)12-8-4-3-7(8)11(9)12/h6-12H,2-5H2,1H3. The molecule has 7 unspecified atom stereocenters. The topological polar surface area (TPSA) is 0 Å². The number of hydrogen-bond donors (Lipinski definition) is 0. The van der Waals surface area contributed by atoms with Gasteiger partial charge in [-0.3, -0.25) is 0 Å². The van der Waals surface area contributed by atoms with E-state index < -0.39 is 0 Å². The average molecular weight is 162 g/mol. The molecule has 0 aromatic heterocycles. The smallest absolute Gasteiger partial charge is 0.0315 e. The molecule has 0 saturated heterocycles. The molecule has 0 aliphatic heterocycles. The van der Waals surface area contributed by atoms with Crippen LogP contribution < -0.4 is 0 Å². The lowest BCUT2D eigenvalue weighted by atomic mass is 9.26. The van der Waals surface area contributed by atoms with Crippen LogP contribution in [0.2, 0.25) is 0 Å². The van der Waals surface area contributed by atoms with Gasteiger partial charge in [0, 0.05) is 0 Å². The Morgan fingerprint density at radius 1 is 0.917 bits per heavy atom. The summed E-state index contributed by atoms with van der Waals surface area (Å²) >= 11 is 0. The molecule has 12 heavy (non-hydrogen) atoms. The van der Waals surface area contributed by atoms with E-state index in [1.54, 1.807) is 19.3 Å². The van der Waals surface area contributed by atoms with Gasteiger partial charge in [-0.15, -0.1) is 0 Å². The Morgan fingerprint density at radius 2 is 1.67 bits per heavy atom. The summed E-state index contributed by atoms with van der Waals surface area (Å²) in [6.45, 7) is 2.39. The Bertz CT molecular complexity index is 228. The van der Waals surface area contributed by atoms with Crippen LogP contribution in [0.1, 0.15) is 32.6 Å². The fourth-order valence-electron chi connectivity index (χ4n) is 5.20. The molecule has 4 fully saturated rings. The third-order valence-electron chi connectivity index (χ3n) is 5.89. The van der Waals surface area contributed by atoms with Gasteiger partial charge in [0.25, 0.3) is 0 Å². The molecule has 0 spiro atoms. The summed E-state index contributed by atoms with van der Waals surface area (Å²) in [5, 5.41) is 0. The molecule has 0 heteroatoms. The van der Waals surface area contributed by atoms with E-state index in [0.717, 1.165) is 5.92 Å². The molecule has 4 aliphatic carbocycles. The molecule has 4 aliphatic rings. The van der Waals surface area contributed by atoms with Gasteiger partial charge in [-0.25, -0.2) is 0 Å². The van der Waals surface area contributed by atoms with Gasteiger partial charge in [-0.2, -0.15) is 0 Å². The van der Waals surface area contributed by atoms with E-state index in [-0.39, 0.29) is 0 Å². The summed E-state index contributed by atoms with van der Waals surface area (Å²) in [5.41, 5.74) is 0. The summed E-state index contributed by atoms with van der Waals surface area (Å²) in [7, 11) is 0. The zero-order valence-electron chi connectivity index (χ0n) is 7.87. The summed E-state index contributed by atoms with van der Waals surface area (Å²) < 4.78 is 0. The van der Waals surface area contributed by atoms with Gasteiger partial charge in [-0.1, -0.05) is 13.3 Å². The second-order valence-electron chi connectivity index (χ2n) is 5.70. The summed E-state index contributed by atoms with van der Waals surface area (Å²) in [5.74, 6) is 8.64. The summed E-state index contributed by atoms with van der Waals surface area (Å²) in [4.78, 5) is 0. The maximum absolute atomic E-state index is 2.39. The highest BCUT2D eigenvalue weighted by Crippen LogP contribution is 2.78. The van der Waals surface area contributed by atoms with Crippen LogP contribution >= 0.6 is 0 Å². The number of rotatable bonds is 1. The van der Waals surface area contributed by atoms with Crippen LogP contribution in [-0.2, 0) is 0 Å².